The van der Waals surface area contributed by atoms with Gasteiger partial charge in [0.15, 0.2) is 0 Å². The van der Waals surface area contributed by atoms with Crippen LogP contribution in [-0.4, -0.2) is 55.5 Å². The molecule has 1 aliphatic heterocycles. The molecule has 138 valence electrons. The van der Waals surface area contributed by atoms with Gasteiger partial charge in [-0.2, -0.15) is 0 Å². The first-order valence-electron chi connectivity index (χ1n) is 9.03. The van der Waals surface area contributed by atoms with Crippen molar-refractivity contribution in [3.8, 4) is 0 Å². The average molecular weight is 463 g/mol. The molecule has 26 heavy (non-hydrogen) atoms. The lowest BCUT2D eigenvalue weighted by molar-refractivity contribution is -0.120. The van der Waals surface area contributed by atoms with Crippen molar-refractivity contribution in [3.63, 3.8) is 0 Å². The van der Waals surface area contributed by atoms with Crippen LogP contribution >= 0.6 is 22.6 Å². The van der Waals surface area contributed by atoms with Gasteiger partial charge in [-0.05, 0) is 66.4 Å². The van der Waals surface area contributed by atoms with Crippen LogP contribution in [0.4, 0.5) is 5.69 Å². The maximum Gasteiger partial charge on any atom is 0.241 e. The van der Waals surface area contributed by atoms with Crippen molar-refractivity contribution in [2.45, 2.75) is 13.5 Å². The van der Waals surface area contributed by atoms with Crippen LogP contribution < -0.4 is 4.90 Å². The Kier molecular flexibility index (Phi) is 6.67. The molecule has 0 bridgehead atoms. The predicted octanol–water partition coefficient (Wildman–Crippen LogP) is 3.38. The van der Waals surface area contributed by atoms with E-state index in [4.69, 9.17) is 0 Å². The van der Waals surface area contributed by atoms with E-state index < -0.39 is 0 Å². The first-order chi connectivity index (χ1) is 12.5. The van der Waals surface area contributed by atoms with E-state index in [2.05, 4.69) is 82.8 Å². The Morgan fingerprint density at radius 2 is 1.62 bits per heavy atom. The third-order valence-electron chi connectivity index (χ3n) is 4.86. The Labute approximate surface area is 169 Å². The SMILES string of the molecule is Cc1ccc(CN(C(=O)CN2CCN(C)CC2)c2ccc(I)cc2)cc1. The van der Waals surface area contributed by atoms with E-state index in [0.29, 0.717) is 13.1 Å². The molecule has 0 aliphatic carbocycles. The fraction of sp³-hybridized carbons (Fsp3) is 0.381. The highest BCUT2D eigenvalue weighted by atomic mass is 127. The monoisotopic (exact) mass is 463 g/mol. The largest absolute Gasteiger partial charge is 0.307 e. The van der Waals surface area contributed by atoms with Gasteiger partial charge in [0.25, 0.3) is 0 Å². The summed E-state index contributed by atoms with van der Waals surface area (Å²) in [6.07, 6.45) is 0. The van der Waals surface area contributed by atoms with Gasteiger partial charge in [0.2, 0.25) is 5.91 Å². The number of benzene rings is 2. The molecule has 1 saturated heterocycles. The van der Waals surface area contributed by atoms with Gasteiger partial charge in [0, 0.05) is 35.4 Å². The number of hydrogen-bond acceptors (Lipinski definition) is 3. The molecule has 0 saturated carbocycles. The van der Waals surface area contributed by atoms with Crippen molar-refractivity contribution in [3.05, 3.63) is 63.2 Å². The van der Waals surface area contributed by atoms with Crippen LogP contribution in [0.5, 0.6) is 0 Å². The highest BCUT2D eigenvalue weighted by molar-refractivity contribution is 14.1. The van der Waals surface area contributed by atoms with Crippen LogP contribution in [0.2, 0.25) is 0 Å². The maximum atomic E-state index is 13.1. The quantitative estimate of drug-likeness (QED) is 0.637. The van der Waals surface area contributed by atoms with Crippen LogP contribution in [0.25, 0.3) is 0 Å². The second-order valence-corrected chi connectivity index (χ2v) is 8.27. The van der Waals surface area contributed by atoms with Gasteiger partial charge >= 0.3 is 0 Å². The van der Waals surface area contributed by atoms with E-state index in [9.17, 15) is 4.79 Å². The standard InChI is InChI=1S/C21H26IN3O/c1-17-3-5-18(6-4-17)15-25(20-9-7-19(22)8-10-20)21(26)16-24-13-11-23(2)12-14-24/h3-10H,11-16H2,1-2H3. The van der Waals surface area contributed by atoms with Crippen molar-refractivity contribution < 1.29 is 4.79 Å². The highest BCUT2D eigenvalue weighted by Gasteiger charge is 2.22. The lowest BCUT2D eigenvalue weighted by Gasteiger charge is -2.33. The second kappa shape index (κ2) is 8.97. The van der Waals surface area contributed by atoms with E-state index in [0.717, 1.165) is 37.4 Å². The molecule has 3 rings (SSSR count). The Balaban J connectivity index is 1.76. The summed E-state index contributed by atoms with van der Waals surface area (Å²) in [5, 5.41) is 0. The van der Waals surface area contributed by atoms with Gasteiger partial charge in [0.1, 0.15) is 0 Å². The topological polar surface area (TPSA) is 26.8 Å². The van der Waals surface area contributed by atoms with Crippen molar-refractivity contribution in [1.29, 1.82) is 0 Å². The highest BCUT2D eigenvalue weighted by Crippen LogP contribution is 2.20. The molecule has 4 nitrogen and oxygen atoms in total. The molecule has 5 heteroatoms. The van der Waals surface area contributed by atoms with Gasteiger partial charge in [-0.25, -0.2) is 0 Å². The summed E-state index contributed by atoms with van der Waals surface area (Å²) < 4.78 is 1.17. The summed E-state index contributed by atoms with van der Waals surface area (Å²) in [5.74, 6) is 0.163. The number of rotatable bonds is 5. The Morgan fingerprint density at radius 1 is 1.00 bits per heavy atom. The van der Waals surface area contributed by atoms with E-state index in [1.165, 1.54) is 9.13 Å². The maximum absolute atomic E-state index is 13.1. The van der Waals surface area contributed by atoms with Crippen molar-refractivity contribution >= 4 is 34.2 Å². The van der Waals surface area contributed by atoms with E-state index in [1.54, 1.807) is 0 Å². The van der Waals surface area contributed by atoms with E-state index in [-0.39, 0.29) is 5.91 Å². The Hall–Kier alpha value is -1.44. The van der Waals surface area contributed by atoms with Crippen LogP contribution in [0.15, 0.2) is 48.5 Å². The number of halogens is 1. The predicted molar refractivity (Wildman–Crippen MR) is 115 cm³/mol. The average Bonchev–Trinajstić information content (AvgIpc) is 2.64. The van der Waals surface area contributed by atoms with Gasteiger partial charge in [-0.1, -0.05) is 29.8 Å². The van der Waals surface area contributed by atoms with Crippen molar-refractivity contribution in [1.82, 2.24) is 9.80 Å². The molecule has 0 N–H and O–H groups in total. The number of carbonyl (C=O) groups is 1. The first-order valence-corrected chi connectivity index (χ1v) is 10.1. The summed E-state index contributed by atoms with van der Waals surface area (Å²) >= 11 is 2.29. The zero-order chi connectivity index (χ0) is 18.5. The number of piperazine rings is 1. The molecule has 0 aromatic heterocycles. The van der Waals surface area contributed by atoms with Gasteiger partial charge in [-0.3, -0.25) is 9.69 Å². The van der Waals surface area contributed by atoms with Crippen LogP contribution in [0.1, 0.15) is 11.1 Å². The summed E-state index contributed by atoms with van der Waals surface area (Å²) in [6, 6.07) is 16.6. The molecule has 0 radical (unpaired) electrons. The molecule has 1 aliphatic rings. The molecule has 2 aromatic rings. The normalized spacial score (nSPS) is 15.8. The Morgan fingerprint density at radius 3 is 2.23 bits per heavy atom. The minimum absolute atomic E-state index is 0.163. The number of hydrogen-bond donors (Lipinski definition) is 0. The molecule has 1 amide bonds. The zero-order valence-corrected chi connectivity index (χ0v) is 17.6. The van der Waals surface area contributed by atoms with Crippen LogP contribution in [0, 0.1) is 10.5 Å². The van der Waals surface area contributed by atoms with Crippen LogP contribution in [0.3, 0.4) is 0 Å². The zero-order valence-electron chi connectivity index (χ0n) is 15.5. The fourth-order valence-electron chi connectivity index (χ4n) is 3.10. The minimum atomic E-state index is 0.163. The smallest absolute Gasteiger partial charge is 0.241 e. The van der Waals surface area contributed by atoms with Crippen molar-refractivity contribution in [2.24, 2.45) is 0 Å². The Bertz CT molecular complexity index is 722. The van der Waals surface area contributed by atoms with Gasteiger partial charge in [-0.15, -0.1) is 0 Å². The number of nitrogens with zero attached hydrogens (tertiary/aromatic N) is 3. The fourth-order valence-corrected chi connectivity index (χ4v) is 3.46. The summed E-state index contributed by atoms with van der Waals surface area (Å²) in [7, 11) is 2.13. The minimum Gasteiger partial charge on any atom is -0.307 e. The number of likely N-dealkylation sites (N-methyl/N-ethyl adjacent to an activating group) is 1. The van der Waals surface area contributed by atoms with Crippen molar-refractivity contribution in [2.75, 3.05) is 44.7 Å². The van der Waals surface area contributed by atoms with E-state index in [1.807, 2.05) is 17.0 Å². The number of carbonyl (C=O) groups excluding carboxylic acids is 1. The molecular formula is C21H26IN3O. The third kappa shape index (κ3) is 5.28. The molecular weight excluding hydrogens is 437 g/mol. The molecule has 0 unspecified atom stereocenters. The first kappa shape index (κ1) is 19.3. The van der Waals surface area contributed by atoms with E-state index >= 15 is 0 Å². The summed E-state index contributed by atoms with van der Waals surface area (Å²) in [6.45, 7) is 7.11. The second-order valence-electron chi connectivity index (χ2n) is 7.02. The molecule has 0 spiro atoms. The summed E-state index contributed by atoms with van der Waals surface area (Å²) in [4.78, 5) is 19.6. The molecule has 1 fully saturated rings. The molecule has 0 atom stereocenters. The molecule has 1 heterocycles. The lowest BCUT2D eigenvalue weighted by atomic mass is 10.1. The van der Waals surface area contributed by atoms with Crippen LogP contribution in [-0.2, 0) is 11.3 Å². The third-order valence-corrected chi connectivity index (χ3v) is 5.57. The van der Waals surface area contributed by atoms with Gasteiger partial charge in [0.05, 0.1) is 13.1 Å². The number of aryl methyl sites for hydroxylation is 1. The number of anilines is 1. The summed E-state index contributed by atoms with van der Waals surface area (Å²) in [5.41, 5.74) is 3.35. The lowest BCUT2D eigenvalue weighted by Crippen LogP contribution is -2.48. The number of amides is 1. The van der Waals surface area contributed by atoms with Gasteiger partial charge < -0.3 is 9.80 Å². The molecule has 2 aromatic carbocycles.